The molecule has 0 aromatic carbocycles. The molecule has 0 atom stereocenters. The summed E-state index contributed by atoms with van der Waals surface area (Å²) in [4.78, 5) is 14.5. The normalized spacial score (nSPS) is 11.1. The molecule has 0 unspecified atom stereocenters. The van der Waals surface area contributed by atoms with Gasteiger partial charge in [-0.25, -0.2) is 4.79 Å². The molecule has 5 heteroatoms. The van der Waals surface area contributed by atoms with Crippen LogP contribution in [0.2, 0.25) is 0 Å². The molecule has 1 rings (SSSR count). The average molecular weight is 270 g/mol. The van der Waals surface area contributed by atoms with Gasteiger partial charge in [0.15, 0.2) is 0 Å². The van der Waals surface area contributed by atoms with Gasteiger partial charge in [-0.05, 0) is 58.6 Å². The van der Waals surface area contributed by atoms with Crippen molar-refractivity contribution in [1.82, 2.24) is 10.2 Å². The number of unbranched alkanes of at least 4 members (excludes halogenated alkanes) is 1. The Kier molecular flexibility index (Phi) is 6.32. The number of hydrogen-bond donors (Lipinski definition) is 2. The first-order valence-electron chi connectivity index (χ1n) is 6.18. The Labute approximate surface area is 113 Å². The third-order valence-corrected chi connectivity index (χ3v) is 3.84. The Hall–Kier alpha value is -0.910. The van der Waals surface area contributed by atoms with Crippen LogP contribution < -0.4 is 5.32 Å². The number of aryl methyl sites for hydroxylation is 1. The Morgan fingerprint density at radius 2 is 2.17 bits per heavy atom. The molecule has 102 valence electrons. The van der Waals surface area contributed by atoms with Gasteiger partial charge in [0.2, 0.25) is 0 Å². The Bertz CT molecular complexity index is 388. The second kappa shape index (κ2) is 7.51. The smallest absolute Gasteiger partial charge is 0.345 e. The topological polar surface area (TPSA) is 52.6 Å². The standard InChI is InChI=1S/C13H22N2O2S/c1-10-11(8-12(18-10)13(16)17)9-14-6-4-5-7-15(2)3/h8,14H,4-7,9H2,1-3H3,(H,16,17). The van der Waals surface area contributed by atoms with E-state index in [1.54, 1.807) is 6.07 Å². The molecule has 1 aromatic rings. The summed E-state index contributed by atoms with van der Waals surface area (Å²) in [6.45, 7) is 4.82. The van der Waals surface area contributed by atoms with Gasteiger partial charge < -0.3 is 15.3 Å². The molecular weight excluding hydrogens is 248 g/mol. The van der Waals surface area contributed by atoms with Crippen molar-refractivity contribution in [2.75, 3.05) is 27.2 Å². The van der Waals surface area contributed by atoms with E-state index in [1.165, 1.54) is 17.8 Å². The fourth-order valence-corrected chi connectivity index (χ4v) is 2.58. The van der Waals surface area contributed by atoms with E-state index in [9.17, 15) is 4.79 Å². The van der Waals surface area contributed by atoms with Crippen LogP contribution in [0.4, 0.5) is 0 Å². The fourth-order valence-electron chi connectivity index (χ4n) is 1.70. The van der Waals surface area contributed by atoms with Crippen molar-refractivity contribution < 1.29 is 9.90 Å². The van der Waals surface area contributed by atoms with Crippen LogP contribution in [0.25, 0.3) is 0 Å². The molecule has 0 spiro atoms. The lowest BCUT2D eigenvalue weighted by Crippen LogP contribution is -2.18. The summed E-state index contributed by atoms with van der Waals surface area (Å²) in [5.41, 5.74) is 1.10. The number of rotatable bonds is 8. The van der Waals surface area contributed by atoms with Crippen molar-refractivity contribution in [1.29, 1.82) is 0 Å². The van der Waals surface area contributed by atoms with Gasteiger partial charge in [0, 0.05) is 11.4 Å². The minimum Gasteiger partial charge on any atom is -0.477 e. The van der Waals surface area contributed by atoms with Crippen molar-refractivity contribution in [3.8, 4) is 0 Å². The number of carboxylic acid groups (broad SMARTS) is 1. The number of aromatic carboxylic acids is 1. The fraction of sp³-hybridized carbons (Fsp3) is 0.615. The van der Waals surface area contributed by atoms with Crippen LogP contribution in [0.1, 0.15) is 33.0 Å². The zero-order valence-electron chi connectivity index (χ0n) is 11.3. The number of nitrogens with zero attached hydrogens (tertiary/aromatic N) is 1. The summed E-state index contributed by atoms with van der Waals surface area (Å²) in [5, 5.41) is 12.3. The number of hydrogen-bond acceptors (Lipinski definition) is 4. The zero-order valence-corrected chi connectivity index (χ0v) is 12.1. The summed E-state index contributed by atoms with van der Waals surface area (Å²) in [6.07, 6.45) is 2.33. The Morgan fingerprint density at radius 1 is 1.44 bits per heavy atom. The van der Waals surface area contributed by atoms with E-state index in [-0.39, 0.29) is 0 Å². The van der Waals surface area contributed by atoms with E-state index in [4.69, 9.17) is 5.11 Å². The van der Waals surface area contributed by atoms with Crippen molar-refractivity contribution in [2.24, 2.45) is 0 Å². The van der Waals surface area contributed by atoms with Crippen molar-refractivity contribution in [2.45, 2.75) is 26.3 Å². The van der Waals surface area contributed by atoms with Crippen molar-refractivity contribution in [3.05, 3.63) is 21.4 Å². The lowest BCUT2D eigenvalue weighted by atomic mass is 10.2. The molecule has 0 fully saturated rings. The van der Waals surface area contributed by atoms with E-state index in [0.29, 0.717) is 4.88 Å². The second-order valence-electron chi connectivity index (χ2n) is 4.68. The molecule has 1 aromatic heterocycles. The number of thiophene rings is 1. The molecule has 0 aliphatic heterocycles. The van der Waals surface area contributed by atoms with E-state index < -0.39 is 5.97 Å². The Morgan fingerprint density at radius 3 is 2.72 bits per heavy atom. The van der Waals surface area contributed by atoms with Crippen LogP contribution in [0, 0.1) is 6.92 Å². The summed E-state index contributed by atoms with van der Waals surface area (Å²) >= 11 is 1.35. The van der Waals surface area contributed by atoms with E-state index in [1.807, 2.05) is 6.92 Å². The quantitative estimate of drug-likeness (QED) is 0.711. The highest BCUT2D eigenvalue weighted by Gasteiger charge is 2.10. The summed E-state index contributed by atoms with van der Waals surface area (Å²) in [5.74, 6) is -0.833. The summed E-state index contributed by atoms with van der Waals surface area (Å²) < 4.78 is 0. The maximum Gasteiger partial charge on any atom is 0.345 e. The van der Waals surface area contributed by atoms with Gasteiger partial charge in [-0.1, -0.05) is 0 Å². The highest BCUT2D eigenvalue weighted by molar-refractivity contribution is 7.14. The van der Waals surface area contributed by atoms with Gasteiger partial charge in [-0.15, -0.1) is 11.3 Å². The third kappa shape index (κ3) is 5.16. The monoisotopic (exact) mass is 270 g/mol. The first-order chi connectivity index (χ1) is 8.50. The van der Waals surface area contributed by atoms with Crippen LogP contribution >= 0.6 is 11.3 Å². The molecule has 0 aliphatic rings. The van der Waals surface area contributed by atoms with Gasteiger partial charge in [0.25, 0.3) is 0 Å². The van der Waals surface area contributed by atoms with Gasteiger partial charge in [-0.2, -0.15) is 0 Å². The highest BCUT2D eigenvalue weighted by Crippen LogP contribution is 2.21. The number of nitrogens with one attached hydrogen (secondary N) is 1. The highest BCUT2D eigenvalue weighted by atomic mass is 32.1. The lowest BCUT2D eigenvalue weighted by molar-refractivity contribution is 0.0702. The maximum atomic E-state index is 10.8. The minimum absolute atomic E-state index is 0.428. The molecule has 1 heterocycles. The van der Waals surface area contributed by atoms with Gasteiger partial charge >= 0.3 is 5.97 Å². The first kappa shape index (κ1) is 15.1. The SMILES string of the molecule is Cc1sc(C(=O)O)cc1CNCCCCN(C)C. The zero-order chi connectivity index (χ0) is 13.5. The maximum absolute atomic E-state index is 10.8. The van der Waals surface area contributed by atoms with Crippen molar-refractivity contribution >= 4 is 17.3 Å². The van der Waals surface area contributed by atoms with Crippen LogP contribution in [0.3, 0.4) is 0 Å². The number of carboxylic acids is 1. The third-order valence-electron chi connectivity index (χ3n) is 2.76. The molecule has 0 saturated carbocycles. The largest absolute Gasteiger partial charge is 0.477 e. The van der Waals surface area contributed by atoms with Crippen LogP contribution in [0.5, 0.6) is 0 Å². The van der Waals surface area contributed by atoms with Gasteiger partial charge in [0.05, 0.1) is 0 Å². The predicted octanol–water partition coefficient (Wildman–Crippen LogP) is 2.19. The summed E-state index contributed by atoms with van der Waals surface area (Å²) in [7, 11) is 4.16. The molecule has 0 amide bonds. The molecular formula is C13H22N2O2S. The molecule has 0 aliphatic carbocycles. The minimum atomic E-state index is -0.833. The van der Waals surface area contributed by atoms with Crippen molar-refractivity contribution in [3.63, 3.8) is 0 Å². The molecule has 18 heavy (non-hydrogen) atoms. The molecule has 0 saturated heterocycles. The Balaban J connectivity index is 2.25. The number of carbonyl (C=O) groups is 1. The molecule has 0 bridgehead atoms. The lowest BCUT2D eigenvalue weighted by Gasteiger charge is -2.09. The van der Waals surface area contributed by atoms with E-state index in [2.05, 4.69) is 24.3 Å². The first-order valence-corrected chi connectivity index (χ1v) is 7.00. The molecule has 4 nitrogen and oxygen atoms in total. The summed E-state index contributed by atoms with van der Waals surface area (Å²) in [6, 6.07) is 1.77. The second-order valence-corrected chi connectivity index (χ2v) is 5.94. The van der Waals surface area contributed by atoms with Gasteiger partial charge in [-0.3, -0.25) is 0 Å². The van der Waals surface area contributed by atoms with Crippen LogP contribution in [-0.2, 0) is 6.54 Å². The van der Waals surface area contributed by atoms with Gasteiger partial charge in [0.1, 0.15) is 4.88 Å². The predicted molar refractivity (Wildman–Crippen MR) is 75.5 cm³/mol. The average Bonchev–Trinajstić information content (AvgIpc) is 2.65. The van der Waals surface area contributed by atoms with E-state index >= 15 is 0 Å². The molecule has 0 radical (unpaired) electrons. The van der Waals surface area contributed by atoms with Crippen LogP contribution in [0.15, 0.2) is 6.07 Å². The van der Waals surface area contributed by atoms with Crippen LogP contribution in [-0.4, -0.2) is 43.2 Å². The van der Waals surface area contributed by atoms with E-state index in [0.717, 1.165) is 36.5 Å². The molecule has 2 N–H and O–H groups in total.